The fourth-order valence-corrected chi connectivity index (χ4v) is 1.86. The van der Waals surface area contributed by atoms with Crippen molar-refractivity contribution < 1.29 is 4.74 Å². The van der Waals surface area contributed by atoms with E-state index in [1.54, 1.807) is 13.2 Å². The number of halogens is 2. The lowest BCUT2D eigenvalue weighted by Crippen LogP contribution is -1.99. The first kappa shape index (κ1) is 12.1. The van der Waals surface area contributed by atoms with Crippen LogP contribution in [-0.4, -0.2) is 17.1 Å². The molecule has 2 rings (SSSR count). The number of ether oxygens (including phenoxy) is 1. The van der Waals surface area contributed by atoms with Gasteiger partial charge < -0.3 is 4.74 Å². The van der Waals surface area contributed by atoms with Crippen molar-refractivity contribution in [2.45, 2.75) is 6.42 Å². The van der Waals surface area contributed by atoms with Crippen molar-refractivity contribution in [3.8, 4) is 5.88 Å². The molecule has 1 aromatic heterocycles. The first-order chi connectivity index (χ1) is 8.17. The van der Waals surface area contributed by atoms with Crippen LogP contribution in [0.1, 0.15) is 11.4 Å². The van der Waals surface area contributed by atoms with Crippen molar-refractivity contribution in [2.75, 3.05) is 7.11 Å². The van der Waals surface area contributed by atoms with Gasteiger partial charge in [-0.2, -0.15) is 4.98 Å². The highest BCUT2D eigenvalue weighted by Crippen LogP contribution is 2.17. The molecule has 0 unspecified atom stereocenters. The maximum Gasteiger partial charge on any atom is 0.217 e. The van der Waals surface area contributed by atoms with Gasteiger partial charge in [-0.05, 0) is 17.7 Å². The molecule has 0 spiro atoms. The molecule has 17 heavy (non-hydrogen) atoms. The first-order valence-electron chi connectivity index (χ1n) is 4.99. The molecule has 0 fully saturated rings. The molecule has 5 heteroatoms. The molecule has 0 saturated heterocycles. The van der Waals surface area contributed by atoms with Gasteiger partial charge in [0.15, 0.2) is 0 Å². The quantitative estimate of drug-likeness (QED) is 0.801. The third kappa shape index (κ3) is 3.32. The Kier molecular flexibility index (Phi) is 3.82. The monoisotopic (exact) mass is 268 g/mol. The minimum Gasteiger partial charge on any atom is -0.481 e. The molecule has 0 aliphatic heterocycles. The highest BCUT2D eigenvalue weighted by atomic mass is 35.5. The van der Waals surface area contributed by atoms with Crippen molar-refractivity contribution in [1.82, 2.24) is 9.97 Å². The molecular formula is C12H10Cl2N2O. The molecule has 0 atom stereocenters. The predicted octanol–water partition coefficient (Wildman–Crippen LogP) is 3.38. The van der Waals surface area contributed by atoms with Gasteiger partial charge in [-0.25, -0.2) is 4.98 Å². The van der Waals surface area contributed by atoms with Crippen LogP contribution in [-0.2, 0) is 6.42 Å². The fourth-order valence-electron chi connectivity index (χ4n) is 1.46. The van der Waals surface area contributed by atoms with E-state index in [2.05, 4.69) is 9.97 Å². The summed E-state index contributed by atoms with van der Waals surface area (Å²) < 4.78 is 5.04. The Morgan fingerprint density at radius 2 is 2.00 bits per heavy atom. The van der Waals surface area contributed by atoms with Crippen LogP contribution in [0.25, 0.3) is 0 Å². The summed E-state index contributed by atoms with van der Waals surface area (Å²) in [5.41, 5.74) is 1.03. The SMILES string of the molecule is COc1cc(Cl)nc(Cc2cccc(Cl)c2)n1. The maximum atomic E-state index is 5.91. The predicted molar refractivity (Wildman–Crippen MR) is 67.9 cm³/mol. The van der Waals surface area contributed by atoms with E-state index in [0.717, 1.165) is 5.56 Å². The highest BCUT2D eigenvalue weighted by Gasteiger charge is 2.05. The third-order valence-electron chi connectivity index (χ3n) is 2.18. The van der Waals surface area contributed by atoms with E-state index < -0.39 is 0 Å². The molecule has 0 amide bonds. The number of rotatable bonds is 3. The molecule has 1 aromatic carbocycles. The van der Waals surface area contributed by atoms with Gasteiger partial charge in [0.25, 0.3) is 0 Å². The summed E-state index contributed by atoms with van der Waals surface area (Å²) in [6.07, 6.45) is 0.567. The highest BCUT2D eigenvalue weighted by molar-refractivity contribution is 6.30. The maximum absolute atomic E-state index is 5.91. The molecule has 3 nitrogen and oxygen atoms in total. The van der Waals surface area contributed by atoms with Crippen LogP contribution in [0.15, 0.2) is 30.3 Å². The van der Waals surface area contributed by atoms with E-state index >= 15 is 0 Å². The van der Waals surface area contributed by atoms with Crippen molar-refractivity contribution in [3.63, 3.8) is 0 Å². The van der Waals surface area contributed by atoms with Crippen molar-refractivity contribution >= 4 is 23.2 Å². The minimum atomic E-state index is 0.369. The van der Waals surface area contributed by atoms with Crippen LogP contribution >= 0.6 is 23.2 Å². The van der Waals surface area contributed by atoms with Gasteiger partial charge >= 0.3 is 0 Å². The van der Waals surface area contributed by atoms with Crippen molar-refractivity contribution in [1.29, 1.82) is 0 Å². The molecule has 0 aliphatic carbocycles. The van der Waals surface area contributed by atoms with Crippen molar-refractivity contribution in [2.24, 2.45) is 0 Å². The molecule has 0 saturated carbocycles. The zero-order valence-corrected chi connectivity index (χ0v) is 10.7. The molecular weight excluding hydrogens is 259 g/mol. The van der Waals surface area contributed by atoms with E-state index in [9.17, 15) is 0 Å². The van der Waals surface area contributed by atoms with Crippen molar-refractivity contribution in [3.05, 3.63) is 51.9 Å². The lowest BCUT2D eigenvalue weighted by atomic mass is 10.1. The number of hydrogen-bond donors (Lipinski definition) is 0. The second-order valence-corrected chi connectivity index (χ2v) is 4.28. The standard InChI is InChI=1S/C12H10Cl2N2O/c1-17-12-7-10(14)15-11(16-12)6-8-3-2-4-9(13)5-8/h2-5,7H,6H2,1H3. The van der Waals surface area contributed by atoms with Gasteiger partial charge in [-0.15, -0.1) is 0 Å². The Hall–Kier alpha value is -1.32. The first-order valence-corrected chi connectivity index (χ1v) is 5.75. The van der Waals surface area contributed by atoms with E-state index in [1.807, 2.05) is 24.3 Å². The van der Waals surface area contributed by atoms with Crippen LogP contribution in [0.3, 0.4) is 0 Å². The molecule has 1 heterocycles. The average molecular weight is 269 g/mol. The topological polar surface area (TPSA) is 35.0 Å². The number of methoxy groups -OCH3 is 1. The largest absolute Gasteiger partial charge is 0.481 e. The van der Waals surface area contributed by atoms with Crippen LogP contribution in [0.2, 0.25) is 10.2 Å². The van der Waals surface area contributed by atoms with E-state index in [1.165, 1.54) is 0 Å². The average Bonchev–Trinajstić information content (AvgIpc) is 2.28. The summed E-state index contributed by atoms with van der Waals surface area (Å²) in [7, 11) is 1.54. The number of benzene rings is 1. The number of nitrogens with zero attached hydrogens (tertiary/aromatic N) is 2. The van der Waals surface area contributed by atoms with E-state index in [4.69, 9.17) is 27.9 Å². The Balaban J connectivity index is 2.26. The summed E-state index contributed by atoms with van der Waals surface area (Å²) in [5.74, 6) is 1.07. The Morgan fingerprint density at radius 1 is 1.18 bits per heavy atom. The van der Waals surface area contributed by atoms with Crippen LogP contribution < -0.4 is 4.74 Å². The number of hydrogen-bond acceptors (Lipinski definition) is 3. The van der Waals surface area contributed by atoms with Gasteiger partial charge in [0.05, 0.1) is 7.11 Å². The zero-order chi connectivity index (χ0) is 12.3. The van der Waals surface area contributed by atoms with Gasteiger partial charge in [0, 0.05) is 17.5 Å². The molecule has 0 aliphatic rings. The lowest BCUT2D eigenvalue weighted by molar-refractivity contribution is 0.395. The Morgan fingerprint density at radius 3 is 2.71 bits per heavy atom. The normalized spacial score (nSPS) is 10.3. The number of aromatic nitrogens is 2. The summed E-state index contributed by atoms with van der Waals surface area (Å²) in [5, 5.41) is 1.06. The van der Waals surface area contributed by atoms with Gasteiger partial charge in [-0.1, -0.05) is 35.3 Å². The molecule has 2 aromatic rings. The summed E-state index contributed by atoms with van der Waals surface area (Å²) in [6.45, 7) is 0. The fraction of sp³-hybridized carbons (Fsp3) is 0.167. The Labute approximate surface area is 109 Å². The Bertz CT molecular complexity index is 532. The summed E-state index contributed by atoms with van der Waals surface area (Å²) in [4.78, 5) is 8.35. The van der Waals surface area contributed by atoms with Crippen LogP contribution in [0.5, 0.6) is 5.88 Å². The minimum absolute atomic E-state index is 0.369. The zero-order valence-electron chi connectivity index (χ0n) is 9.15. The second kappa shape index (κ2) is 5.34. The lowest BCUT2D eigenvalue weighted by Gasteiger charge is -2.04. The van der Waals surface area contributed by atoms with E-state index in [0.29, 0.717) is 28.3 Å². The smallest absolute Gasteiger partial charge is 0.217 e. The van der Waals surface area contributed by atoms with E-state index in [-0.39, 0.29) is 0 Å². The van der Waals surface area contributed by atoms with Gasteiger partial charge in [-0.3, -0.25) is 0 Å². The second-order valence-electron chi connectivity index (χ2n) is 3.46. The third-order valence-corrected chi connectivity index (χ3v) is 2.61. The molecule has 88 valence electrons. The summed E-state index contributed by atoms with van der Waals surface area (Å²) >= 11 is 11.8. The van der Waals surface area contributed by atoms with Gasteiger partial charge in [0.2, 0.25) is 5.88 Å². The molecule has 0 bridgehead atoms. The van der Waals surface area contributed by atoms with Crippen LogP contribution in [0.4, 0.5) is 0 Å². The van der Waals surface area contributed by atoms with Gasteiger partial charge in [0.1, 0.15) is 11.0 Å². The molecule has 0 N–H and O–H groups in total. The summed E-state index contributed by atoms with van der Waals surface area (Å²) in [6, 6.07) is 9.12. The molecule has 0 radical (unpaired) electrons. The van der Waals surface area contributed by atoms with Crippen LogP contribution in [0, 0.1) is 0 Å².